The molecule has 0 radical (unpaired) electrons. The van der Waals surface area contributed by atoms with Crippen molar-refractivity contribution in [2.75, 3.05) is 53.0 Å². The van der Waals surface area contributed by atoms with E-state index in [1.54, 1.807) is 0 Å². The minimum Gasteiger partial charge on any atom is -0.390 e. The predicted octanol–water partition coefficient (Wildman–Crippen LogP) is 1.73. The smallest absolute Gasteiger partial charge is 0.193 e. The molecule has 1 fully saturated rings. The molecule has 0 amide bonds. The fraction of sp³-hybridized carbons (Fsp3) is 0.682. The van der Waals surface area contributed by atoms with Crippen LogP contribution < -0.4 is 5.32 Å². The van der Waals surface area contributed by atoms with Gasteiger partial charge in [0.15, 0.2) is 5.96 Å². The van der Waals surface area contributed by atoms with E-state index in [0.717, 1.165) is 51.1 Å². The number of benzene rings is 1. The summed E-state index contributed by atoms with van der Waals surface area (Å²) in [5.74, 6) is 1.63. The molecule has 1 saturated carbocycles. The maximum Gasteiger partial charge on any atom is 0.193 e. The van der Waals surface area contributed by atoms with Gasteiger partial charge in [-0.1, -0.05) is 24.3 Å². The van der Waals surface area contributed by atoms with Gasteiger partial charge in [-0.15, -0.1) is 0 Å². The number of guanidine groups is 1. The second-order valence-electron chi connectivity index (χ2n) is 8.04. The summed E-state index contributed by atoms with van der Waals surface area (Å²) < 4.78 is 5.73. The molecule has 0 spiro atoms. The number of hydrogen-bond donors (Lipinski definition) is 2. The van der Waals surface area contributed by atoms with Crippen molar-refractivity contribution < 1.29 is 9.84 Å². The van der Waals surface area contributed by atoms with E-state index in [-0.39, 0.29) is 0 Å². The van der Waals surface area contributed by atoms with Crippen LogP contribution in [0.3, 0.4) is 0 Å². The minimum atomic E-state index is -0.460. The molecular weight excluding hydrogens is 352 g/mol. The lowest BCUT2D eigenvalue weighted by molar-refractivity contribution is 0.110. The van der Waals surface area contributed by atoms with E-state index >= 15 is 0 Å². The Balaban J connectivity index is 1.42. The van der Waals surface area contributed by atoms with Crippen molar-refractivity contribution in [2.45, 2.75) is 38.8 Å². The van der Waals surface area contributed by atoms with E-state index in [2.05, 4.69) is 51.3 Å². The van der Waals surface area contributed by atoms with Gasteiger partial charge in [-0.25, -0.2) is 0 Å². The van der Waals surface area contributed by atoms with Gasteiger partial charge in [0, 0.05) is 46.4 Å². The topological polar surface area (TPSA) is 60.3 Å². The first kappa shape index (κ1) is 21.1. The molecule has 1 aromatic carbocycles. The number of aliphatic imine (C=N–C) groups is 1. The van der Waals surface area contributed by atoms with Gasteiger partial charge in [0.05, 0.1) is 19.3 Å². The zero-order valence-electron chi connectivity index (χ0n) is 17.4. The number of nitrogens with one attached hydrogen (secondary N) is 1. The normalized spacial score (nSPS) is 18.6. The second-order valence-corrected chi connectivity index (χ2v) is 8.04. The van der Waals surface area contributed by atoms with Crippen molar-refractivity contribution in [3.63, 3.8) is 0 Å². The third-order valence-corrected chi connectivity index (χ3v) is 5.45. The second kappa shape index (κ2) is 10.8. The molecule has 6 heteroatoms. The van der Waals surface area contributed by atoms with E-state index in [9.17, 15) is 5.11 Å². The van der Waals surface area contributed by atoms with Crippen molar-refractivity contribution in [1.82, 2.24) is 15.1 Å². The van der Waals surface area contributed by atoms with E-state index in [4.69, 9.17) is 4.74 Å². The first-order valence-electron chi connectivity index (χ1n) is 10.7. The van der Waals surface area contributed by atoms with Crippen molar-refractivity contribution in [1.29, 1.82) is 0 Å². The monoisotopic (exact) mass is 388 g/mol. The van der Waals surface area contributed by atoms with Crippen LogP contribution in [0.1, 0.15) is 30.9 Å². The Kier molecular flexibility index (Phi) is 8.13. The number of likely N-dealkylation sites (N-methyl/N-ethyl adjacent to an activating group) is 1. The molecular formula is C22H36N4O2. The summed E-state index contributed by atoms with van der Waals surface area (Å²) in [7, 11) is 2.02. The average Bonchev–Trinajstić information content (AvgIpc) is 3.52. The van der Waals surface area contributed by atoms with Gasteiger partial charge < -0.3 is 20.1 Å². The Morgan fingerprint density at radius 3 is 2.89 bits per heavy atom. The summed E-state index contributed by atoms with van der Waals surface area (Å²) in [6.07, 6.45) is 3.23. The zero-order chi connectivity index (χ0) is 19.8. The number of aliphatic hydroxyl groups is 1. The van der Waals surface area contributed by atoms with Gasteiger partial charge in [-0.3, -0.25) is 9.89 Å². The maximum atomic E-state index is 10.5. The van der Waals surface area contributed by atoms with Gasteiger partial charge in [-0.2, -0.15) is 0 Å². The average molecular weight is 389 g/mol. The van der Waals surface area contributed by atoms with Crippen LogP contribution >= 0.6 is 0 Å². The van der Waals surface area contributed by atoms with Crippen LogP contribution in [-0.2, 0) is 17.7 Å². The molecule has 0 saturated heterocycles. The van der Waals surface area contributed by atoms with E-state index in [1.807, 2.05) is 7.05 Å². The highest BCUT2D eigenvalue weighted by molar-refractivity contribution is 5.79. The van der Waals surface area contributed by atoms with E-state index in [1.165, 1.54) is 24.0 Å². The number of ether oxygens (including phenoxy) is 1. The molecule has 28 heavy (non-hydrogen) atoms. The predicted molar refractivity (Wildman–Crippen MR) is 114 cm³/mol. The Bertz CT molecular complexity index is 633. The van der Waals surface area contributed by atoms with Crippen LogP contribution in [0.5, 0.6) is 0 Å². The number of fused-ring (bicyclic) bond motifs is 1. The summed E-state index contributed by atoms with van der Waals surface area (Å²) >= 11 is 0. The largest absolute Gasteiger partial charge is 0.390 e. The molecule has 2 aliphatic rings. The summed E-state index contributed by atoms with van der Waals surface area (Å²) in [6, 6.07) is 8.60. The molecule has 1 aliphatic carbocycles. The van der Waals surface area contributed by atoms with Gasteiger partial charge in [0.2, 0.25) is 0 Å². The van der Waals surface area contributed by atoms with Gasteiger partial charge in [-0.05, 0) is 43.2 Å². The van der Waals surface area contributed by atoms with Crippen molar-refractivity contribution in [3.8, 4) is 0 Å². The molecule has 1 unspecified atom stereocenters. The SMILES string of the molecule is CCNC(=NCC(O)CN1CCc2ccccc2C1)N(C)CCOCC1CC1. The number of nitrogens with zero attached hydrogens (tertiary/aromatic N) is 3. The maximum absolute atomic E-state index is 10.5. The molecule has 1 atom stereocenters. The molecule has 3 rings (SSSR count). The Hall–Kier alpha value is -1.63. The van der Waals surface area contributed by atoms with Crippen molar-refractivity contribution in [2.24, 2.45) is 10.9 Å². The third-order valence-electron chi connectivity index (χ3n) is 5.45. The van der Waals surface area contributed by atoms with E-state index < -0.39 is 6.10 Å². The fourth-order valence-corrected chi connectivity index (χ4v) is 3.57. The first-order chi connectivity index (χ1) is 13.7. The zero-order valence-corrected chi connectivity index (χ0v) is 17.4. The van der Waals surface area contributed by atoms with Gasteiger partial charge >= 0.3 is 0 Å². The van der Waals surface area contributed by atoms with Crippen LogP contribution in [0.25, 0.3) is 0 Å². The Morgan fingerprint density at radius 1 is 1.36 bits per heavy atom. The summed E-state index contributed by atoms with van der Waals surface area (Å²) in [4.78, 5) is 9.06. The molecule has 1 aliphatic heterocycles. The fourth-order valence-electron chi connectivity index (χ4n) is 3.57. The summed E-state index contributed by atoms with van der Waals surface area (Å²) in [5.41, 5.74) is 2.81. The highest BCUT2D eigenvalue weighted by atomic mass is 16.5. The van der Waals surface area contributed by atoms with Gasteiger partial charge in [0.25, 0.3) is 0 Å². The molecule has 1 aromatic rings. The van der Waals surface area contributed by atoms with Crippen LogP contribution in [0.15, 0.2) is 29.3 Å². The summed E-state index contributed by atoms with van der Waals surface area (Å²) in [5, 5.41) is 13.8. The molecule has 0 bridgehead atoms. The van der Waals surface area contributed by atoms with Crippen molar-refractivity contribution >= 4 is 5.96 Å². The van der Waals surface area contributed by atoms with Crippen LogP contribution in [0.4, 0.5) is 0 Å². The molecule has 0 aromatic heterocycles. The molecule has 2 N–H and O–H groups in total. The number of hydrogen-bond acceptors (Lipinski definition) is 4. The Morgan fingerprint density at radius 2 is 2.14 bits per heavy atom. The lowest BCUT2D eigenvalue weighted by Crippen LogP contribution is -2.42. The highest BCUT2D eigenvalue weighted by Crippen LogP contribution is 2.28. The number of β-amino-alcohol motifs (C(OH)–C–C–N with tert-alkyl or cyclic N) is 1. The molecule has 156 valence electrons. The lowest BCUT2D eigenvalue weighted by atomic mass is 10.00. The van der Waals surface area contributed by atoms with Gasteiger partial charge in [0.1, 0.15) is 0 Å². The first-order valence-corrected chi connectivity index (χ1v) is 10.7. The molecule has 6 nitrogen and oxygen atoms in total. The minimum absolute atomic E-state index is 0.410. The van der Waals surface area contributed by atoms with Crippen LogP contribution in [0, 0.1) is 5.92 Å². The van der Waals surface area contributed by atoms with Crippen LogP contribution in [0.2, 0.25) is 0 Å². The standard InChI is InChI=1S/C22H36N4O2/c1-3-23-22(25(2)12-13-28-17-18-8-9-18)24-14-21(27)16-26-11-10-19-6-4-5-7-20(19)15-26/h4-7,18,21,27H,3,8-17H2,1-2H3,(H,23,24). The molecule has 1 heterocycles. The van der Waals surface area contributed by atoms with Crippen molar-refractivity contribution in [3.05, 3.63) is 35.4 Å². The number of aliphatic hydroxyl groups excluding tert-OH is 1. The number of rotatable bonds is 10. The van der Waals surface area contributed by atoms with E-state index in [0.29, 0.717) is 19.7 Å². The highest BCUT2D eigenvalue weighted by Gasteiger charge is 2.21. The Labute approximate surface area is 169 Å². The lowest BCUT2D eigenvalue weighted by Gasteiger charge is -2.30. The quantitative estimate of drug-likeness (QED) is 0.363. The van der Waals surface area contributed by atoms with Crippen LogP contribution in [-0.4, -0.2) is 80.0 Å². The summed E-state index contributed by atoms with van der Waals surface area (Å²) in [6.45, 7) is 8.26. The third kappa shape index (κ3) is 6.76.